The van der Waals surface area contributed by atoms with Crippen molar-refractivity contribution in [3.05, 3.63) is 63.6 Å². The highest BCUT2D eigenvalue weighted by Crippen LogP contribution is 2.24. The van der Waals surface area contributed by atoms with E-state index >= 15 is 0 Å². The predicted octanol–water partition coefficient (Wildman–Crippen LogP) is 4.01. The van der Waals surface area contributed by atoms with Crippen molar-refractivity contribution in [3.63, 3.8) is 0 Å². The van der Waals surface area contributed by atoms with E-state index in [9.17, 15) is 0 Å². The Labute approximate surface area is 122 Å². The van der Waals surface area contributed by atoms with Crippen molar-refractivity contribution in [2.75, 3.05) is 7.11 Å². The molecule has 100 valence electrons. The van der Waals surface area contributed by atoms with Crippen LogP contribution in [0, 0.1) is 6.92 Å². The van der Waals surface area contributed by atoms with Gasteiger partial charge in [-0.2, -0.15) is 0 Å². The summed E-state index contributed by atoms with van der Waals surface area (Å²) in [5.74, 6) is 0.901. The van der Waals surface area contributed by atoms with E-state index in [2.05, 4.69) is 34.1 Å². The van der Waals surface area contributed by atoms with Gasteiger partial charge in [-0.15, -0.1) is 0 Å². The zero-order chi connectivity index (χ0) is 13.8. The predicted molar refractivity (Wildman–Crippen MR) is 82.5 cm³/mol. The summed E-state index contributed by atoms with van der Waals surface area (Å²) in [5.41, 5.74) is 9.77. The Hall–Kier alpha value is -1.32. The number of benzene rings is 2. The van der Waals surface area contributed by atoms with E-state index in [4.69, 9.17) is 10.5 Å². The maximum Gasteiger partial charge on any atom is 0.121 e. The second-order valence-electron chi connectivity index (χ2n) is 4.67. The average Bonchev–Trinajstić information content (AvgIpc) is 2.38. The summed E-state index contributed by atoms with van der Waals surface area (Å²) >= 11 is 3.48. The first kappa shape index (κ1) is 14.1. The molecular weight excluding hydrogens is 302 g/mol. The van der Waals surface area contributed by atoms with Crippen molar-refractivity contribution < 1.29 is 4.74 Å². The molecule has 0 aromatic heterocycles. The van der Waals surface area contributed by atoms with Crippen molar-refractivity contribution in [2.24, 2.45) is 5.73 Å². The molecule has 0 saturated heterocycles. The molecule has 19 heavy (non-hydrogen) atoms. The largest absolute Gasteiger partial charge is 0.496 e. The normalized spacial score (nSPS) is 12.2. The number of rotatable bonds is 4. The van der Waals surface area contributed by atoms with Gasteiger partial charge < -0.3 is 10.5 Å². The molecule has 1 atom stereocenters. The van der Waals surface area contributed by atoms with Gasteiger partial charge in [0, 0.05) is 10.5 Å². The first-order valence-corrected chi connectivity index (χ1v) is 7.04. The van der Waals surface area contributed by atoms with Gasteiger partial charge in [-0.05, 0) is 48.2 Å². The lowest BCUT2D eigenvalue weighted by atomic mass is 9.98. The van der Waals surface area contributed by atoms with Crippen LogP contribution >= 0.6 is 15.9 Å². The van der Waals surface area contributed by atoms with Crippen molar-refractivity contribution >= 4 is 15.9 Å². The number of methoxy groups -OCH3 is 1. The Morgan fingerprint density at radius 3 is 2.63 bits per heavy atom. The van der Waals surface area contributed by atoms with Crippen molar-refractivity contribution in [2.45, 2.75) is 19.4 Å². The summed E-state index contributed by atoms with van der Waals surface area (Å²) in [5, 5.41) is 0. The number of hydrogen-bond acceptors (Lipinski definition) is 2. The summed E-state index contributed by atoms with van der Waals surface area (Å²) in [6.45, 7) is 2.04. The fourth-order valence-corrected chi connectivity index (χ4v) is 2.61. The van der Waals surface area contributed by atoms with E-state index < -0.39 is 0 Å². The van der Waals surface area contributed by atoms with Gasteiger partial charge >= 0.3 is 0 Å². The van der Waals surface area contributed by atoms with Crippen LogP contribution in [0.3, 0.4) is 0 Å². The van der Waals surface area contributed by atoms with Crippen molar-refractivity contribution in [1.29, 1.82) is 0 Å². The van der Waals surface area contributed by atoms with Gasteiger partial charge in [0.2, 0.25) is 0 Å². The molecule has 0 aliphatic carbocycles. The molecule has 0 saturated carbocycles. The van der Waals surface area contributed by atoms with Crippen LogP contribution in [0.15, 0.2) is 46.9 Å². The number of halogens is 1. The van der Waals surface area contributed by atoms with Crippen molar-refractivity contribution in [1.82, 2.24) is 0 Å². The van der Waals surface area contributed by atoms with Crippen LogP contribution in [0.2, 0.25) is 0 Å². The van der Waals surface area contributed by atoms with E-state index in [1.54, 1.807) is 7.11 Å². The maximum absolute atomic E-state index is 6.28. The van der Waals surface area contributed by atoms with Crippen LogP contribution in [0.25, 0.3) is 0 Å². The first-order chi connectivity index (χ1) is 9.10. The molecule has 0 amide bonds. The third-order valence-corrected chi connectivity index (χ3v) is 3.68. The molecule has 3 heteroatoms. The van der Waals surface area contributed by atoms with Gasteiger partial charge in [0.1, 0.15) is 5.75 Å². The Kier molecular flexibility index (Phi) is 4.61. The Balaban J connectivity index is 2.15. The van der Waals surface area contributed by atoms with E-state index in [1.807, 2.05) is 31.2 Å². The monoisotopic (exact) mass is 319 g/mol. The first-order valence-electron chi connectivity index (χ1n) is 6.24. The third kappa shape index (κ3) is 3.58. The minimum atomic E-state index is -0.00101. The molecule has 2 aromatic rings. The summed E-state index contributed by atoms with van der Waals surface area (Å²) in [6.07, 6.45) is 0.825. The number of ether oxygens (including phenoxy) is 1. The molecule has 0 radical (unpaired) electrons. The molecule has 2 N–H and O–H groups in total. The highest BCUT2D eigenvalue weighted by molar-refractivity contribution is 9.10. The topological polar surface area (TPSA) is 35.2 Å². The minimum absolute atomic E-state index is 0.00101. The van der Waals surface area contributed by atoms with Gasteiger partial charge in [0.15, 0.2) is 0 Å². The Bertz CT molecular complexity index is 568. The van der Waals surface area contributed by atoms with Crippen LogP contribution in [0.5, 0.6) is 5.75 Å². The summed E-state index contributed by atoms with van der Waals surface area (Å²) in [4.78, 5) is 0. The number of hydrogen-bond donors (Lipinski definition) is 1. The molecule has 2 rings (SSSR count). The third-order valence-electron chi connectivity index (χ3n) is 3.19. The van der Waals surface area contributed by atoms with Gasteiger partial charge in [0.25, 0.3) is 0 Å². The smallest absolute Gasteiger partial charge is 0.121 e. The zero-order valence-electron chi connectivity index (χ0n) is 11.2. The second kappa shape index (κ2) is 6.22. The van der Waals surface area contributed by atoms with Gasteiger partial charge in [-0.1, -0.05) is 40.2 Å². The van der Waals surface area contributed by atoms with Crippen LogP contribution in [-0.4, -0.2) is 7.11 Å². The number of nitrogens with two attached hydrogens (primary N) is 1. The molecule has 0 bridgehead atoms. The lowest BCUT2D eigenvalue weighted by molar-refractivity contribution is 0.411. The summed E-state index contributed by atoms with van der Waals surface area (Å²) in [7, 11) is 1.68. The zero-order valence-corrected chi connectivity index (χ0v) is 12.8. The molecular formula is C16H18BrNO. The molecule has 0 aliphatic heterocycles. The molecule has 2 nitrogen and oxygen atoms in total. The van der Waals surface area contributed by atoms with Crippen LogP contribution < -0.4 is 10.5 Å². The molecule has 0 aliphatic rings. The maximum atomic E-state index is 6.28. The van der Waals surface area contributed by atoms with Gasteiger partial charge in [0.05, 0.1) is 7.11 Å². The average molecular weight is 320 g/mol. The van der Waals surface area contributed by atoms with E-state index in [0.29, 0.717) is 0 Å². The highest BCUT2D eigenvalue weighted by Gasteiger charge is 2.09. The SMILES string of the molecule is COc1ccc(C(N)Cc2cccc(Br)c2)cc1C. The van der Waals surface area contributed by atoms with Gasteiger partial charge in [-0.25, -0.2) is 0 Å². The fraction of sp³-hybridized carbons (Fsp3) is 0.250. The van der Waals surface area contributed by atoms with E-state index in [-0.39, 0.29) is 6.04 Å². The molecule has 2 aromatic carbocycles. The van der Waals surface area contributed by atoms with Crippen LogP contribution in [0.1, 0.15) is 22.7 Å². The quantitative estimate of drug-likeness (QED) is 0.924. The van der Waals surface area contributed by atoms with Crippen LogP contribution in [-0.2, 0) is 6.42 Å². The Morgan fingerprint density at radius 2 is 2.00 bits per heavy atom. The van der Waals surface area contributed by atoms with Crippen LogP contribution in [0.4, 0.5) is 0 Å². The van der Waals surface area contributed by atoms with Gasteiger partial charge in [-0.3, -0.25) is 0 Å². The lowest BCUT2D eigenvalue weighted by Crippen LogP contribution is -2.13. The minimum Gasteiger partial charge on any atom is -0.496 e. The van der Waals surface area contributed by atoms with E-state index in [1.165, 1.54) is 5.56 Å². The lowest BCUT2D eigenvalue weighted by Gasteiger charge is -2.14. The summed E-state index contributed by atoms with van der Waals surface area (Å²) in [6, 6.07) is 14.4. The molecule has 1 unspecified atom stereocenters. The number of aryl methyl sites for hydroxylation is 1. The molecule has 0 fully saturated rings. The fourth-order valence-electron chi connectivity index (χ4n) is 2.17. The highest BCUT2D eigenvalue weighted by atomic mass is 79.9. The Morgan fingerprint density at radius 1 is 1.21 bits per heavy atom. The van der Waals surface area contributed by atoms with Crippen molar-refractivity contribution in [3.8, 4) is 5.75 Å². The molecule has 0 heterocycles. The molecule has 0 spiro atoms. The van der Waals surface area contributed by atoms with E-state index in [0.717, 1.165) is 27.8 Å². The summed E-state index contributed by atoms with van der Waals surface area (Å²) < 4.78 is 6.35. The standard InChI is InChI=1S/C16H18BrNO/c1-11-8-13(6-7-16(11)19-2)15(18)10-12-4-3-5-14(17)9-12/h3-9,15H,10,18H2,1-2H3. The second-order valence-corrected chi connectivity index (χ2v) is 5.59.